The summed E-state index contributed by atoms with van der Waals surface area (Å²) in [6, 6.07) is 5.66. The van der Waals surface area contributed by atoms with Crippen molar-refractivity contribution in [3.8, 4) is 0 Å². The summed E-state index contributed by atoms with van der Waals surface area (Å²) in [4.78, 5) is 12.6. The van der Waals surface area contributed by atoms with Crippen LogP contribution in [0.3, 0.4) is 0 Å². The Morgan fingerprint density at radius 1 is 1.62 bits per heavy atom. The van der Waals surface area contributed by atoms with Crippen LogP contribution in [-0.2, 0) is 0 Å². The largest absolute Gasteiger partial charge is 0.362 e. The van der Waals surface area contributed by atoms with Gasteiger partial charge in [-0.15, -0.1) is 6.07 Å². The van der Waals surface area contributed by atoms with Gasteiger partial charge >= 0.3 is 0 Å². The number of aromatic nitrogens is 1. The summed E-state index contributed by atoms with van der Waals surface area (Å²) in [5, 5.41) is 0. The number of aromatic amines is 1. The van der Waals surface area contributed by atoms with Crippen molar-refractivity contribution in [3.63, 3.8) is 0 Å². The van der Waals surface area contributed by atoms with Crippen LogP contribution in [0, 0.1) is 6.07 Å². The van der Waals surface area contributed by atoms with Crippen LogP contribution in [0.5, 0.6) is 0 Å². The molecule has 0 atom stereocenters. The predicted molar refractivity (Wildman–Crippen MR) is 25.9 cm³/mol. The number of hydrogen-bond acceptors (Lipinski definition) is 1. The molecule has 1 heterocycles. The third-order valence-electron chi connectivity index (χ3n) is 0.629. The van der Waals surface area contributed by atoms with E-state index in [4.69, 9.17) is 0 Å². The summed E-state index contributed by atoms with van der Waals surface area (Å²) >= 11 is 0. The van der Waals surface area contributed by atoms with Crippen molar-refractivity contribution in [2.45, 2.75) is 0 Å². The Morgan fingerprint density at radius 3 is 2.62 bits per heavy atom. The molecule has 8 heavy (non-hydrogen) atoms. The number of pyridine rings is 1. The monoisotopic (exact) mass is 364 g/mol. The van der Waals surface area contributed by atoms with Gasteiger partial charge in [0.25, 0.3) is 0 Å². The molecule has 0 unspecified atom stereocenters. The van der Waals surface area contributed by atoms with Crippen LogP contribution in [0.4, 0.5) is 0 Å². The summed E-state index contributed by atoms with van der Waals surface area (Å²) in [5.74, 6) is 0. The van der Waals surface area contributed by atoms with Crippen LogP contribution < -0.4 is 5.56 Å². The second-order valence-electron chi connectivity index (χ2n) is 1.15. The van der Waals surface area contributed by atoms with E-state index in [2.05, 4.69) is 11.1 Å². The molecule has 0 fully saturated rings. The van der Waals surface area contributed by atoms with E-state index in [-0.39, 0.29) is 5.56 Å². The molecule has 0 aliphatic rings. The molecular weight excluding hydrogens is 360 g/mol. The number of hydrogen-bond donors (Lipinski definition) is 1. The van der Waals surface area contributed by atoms with Crippen molar-refractivity contribution >= 4 is 0 Å². The summed E-state index contributed by atoms with van der Waals surface area (Å²) in [7, 11) is 0. The van der Waals surface area contributed by atoms with Gasteiger partial charge in [0, 0.05) is 0 Å². The number of nitrogens with one attached hydrogen (secondary N) is 1. The minimum absolute atomic E-state index is 0. The van der Waals surface area contributed by atoms with Crippen LogP contribution in [0.2, 0.25) is 0 Å². The quantitative estimate of drug-likeness (QED) is 0.655. The summed E-state index contributed by atoms with van der Waals surface area (Å²) < 4.78 is 0. The fourth-order valence-corrected chi connectivity index (χ4v) is 0.333. The van der Waals surface area contributed by atoms with Crippen molar-refractivity contribution < 1.29 is 0 Å². The second-order valence-corrected chi connectivity index (χ2v) is 1.15. The van der Waals surface area contributed by atoms with Crippen molar-refractivity contribution in [3.05, 3.63) is 34.7 Å². The van der Waals surface area contributed by atoms with Gasteiger partial charge in [-0.1, -0.05) is 6.20 Å². The first kappa shape index (κ1) is 5.95. The van der Waals surface area contributed by atoms with Gasteiger partial charge in [-0.25, -0.2) is 12.1 Å². The van der Waals surface area contributed by atoms with Crippen molar-refractivity contribution in [2.24, 2.45) is 0 Å². The average Bonchev–Trinajstić information content (AvgIpc) is 1.69. The minimum atomic E-state index is -0.0845. The normalized spacial score (nSPS) is 7.50. The Morgan fingerprint density at radius 2 is 2.38 bits per heavy atom. The van der Waals surface area contributed by atoms with Crippen molar-refractivity contribution in [2.75, 3.05) is 0 Å². The third-order valence-corrected chi connectivity index (χ3v) is 0.629. The van der Waals surface area contributed by atoms with E-state index in [9.17, 15) is 4.79 Å². The van der Waals surface area contributed by atoms with E-state index in [1.165, 1.54) is 12.3 Å². The minimum Gasteiger partial charge on any atom is -0.362 e. The van der Waals surface area contributed by atoms with E-state index in [0.717, 1.165) is 0 Å². The molecule has 0 spiro atoms. The molecule has 0 aliphatic heterocycles. The Balaban J connectivity index is 0.000000490. The van der Waals surface area contributed by atoms with Gasteiger partial charge in [0.05, 0.1) is 0 Å². The van der Waals surface area contributed by atoms with E-state index >= 15 is 0 Å². The van der Waals surface area contributed by atoms with Gasteiger partial charge < -0.3 is 4.98 Å². The first-order valence-corrected chi connectivity index (χ1v) is 1.94. The topological polar surface area (TPSA) is 32.9 Å². The van der Waals surface area contributed by atoms with Gasteiger partial charge in [-0.05, 0) is 0 Å². The van der Waals surface area contributed by atoms with E-state index in [0.29, 0.717) is 0 Å². The van der Waals surface area contributed by atoms with Gasteiger partial charge in [0.15, 0.2) is 5.56 Å². The Kier molecular flexibility index (Phi) is 1.62. The van der Waals surface area contributed by atoms with Crippen molar-refractivity contribution in [1.82, 2.24) is 4.98 Å². The zero-order valence-corrected chi connectivity index (χ0v) is 10.9. The van der Waals surface area contributed by atoms with Gasteiger partial charge in [0.1, 0.15) is 0 Å². The smallest absolute Gasteiger partial charge is 0.165 e. The molecule has 2 nitrogen and oxygen atoms in total. The van der Waals surface area contributed by atoms with E-state index in [1.807, 2.05) is 0 Å². The van der Waals surface area contributed by atoms with Crippen LogP contribution in [0.15, 0.2) is 23.1 Å². The van der Waals surface area contributed by atoms with E-state index in [1.54, 1.807) is 6.07 Å². The Labute approximate surface area is 40.8 Å². The first-order chi connectivity index (χ1) is 3.39. The molecule has 0 bridgehead atoms. The molecular formula is C5H4BhNO-. The molecule has 0 amide bonds. The maximum absolute atomic E-state index is 10.2. The van der Waals surface area contributed by atoms with Gasteiger partial charge in [-0.2, -0.15) is 0 Å². The van der Waals surface area contributed by atoms with Crippen LogP contribution >= 0.6 is 0 Å². The van der Waals surface area contributed by atoms with Crippen LogP contribution in [0.25, 0.3) is 0 Å². The molecule has 38 valence electrons. The Bertz CT molecular complexity index is 178. The Hall–Kier alpha value is -2.05. The molecule has 0 saturated carbocycles. The van der Waals surface area contributed by atoms with Crippen LogP contribution in [0.1, 0.15) is 0 Å². The molecule has 1 aromatic rings. The molecule has 1 aromatic heterocycles. The second kappa shape index (κ2) is 2.18. The molecule has 0 saturated heterocycles. The first-order valence-electron chi connectivity index (χ1n) is 1.94. The maximum atomic E-state index is 10.2. The standard InChI is InChI=1S/C5H4NO.Bh/c7-5-3-1-2-4-6-5;/h1,3-4H,(H,6,7);/q-1;. The SMILES string of the molecule is O=c1cc[c-]c[nH]1.[Bh]. The summed E-state index contributed by atoms with van der Waals surface area (Å²) in [6.07, 6.45) is 1.47. The van der Waals surface area contributed by atoms with E-state index < -0.39 is 0 Å². The molecule has 0 aliphatic carbocycles. The molecule has 0 radical (unpaired) electrons. The fraction of sp³-hybridized carbons (Fsp3) is 0. The molecule has 0 aromatic carbocycles. The zero-order valence-electron chi connectivity index (χ0n) is 4.35. The summed E-state index contributed by atoms with van der Waals surface area (Å²) in [6.45, 7) is 0. The average molecular weight is 364 g/mol. The molecule has 1 rings (SSSR count). The maximum Gasteiger partial charge on any atom is 0.165 e. The zero-order chi connectivity index (χ0) is 5.11. The fourth-order valence-electron chi connectivity index (χ4n) is 0.333. The predicted octanol–water partition coefficient (Wildman–Crippen LogP) is 0.175. The van der Waals surface area contributed by atoms with Crippen molar-refractivity contribution in [1.29, 1.82) is 0 Å². The number of rotatable bonds is 0. The molecule has 3 heteroatoms. The molecule has 1 N–H and O–H groups in total. The van der Waals surface area contributed by atoms with Gasteiger partial charge in [-0.3, -0.25) is 4.79 Å². The summed E-state index contributed by atoms with van der Waals surface area (Å²) in [5.41, 5.74) is -0.0845. The number of H-pyrrole nitrogens is 1. The third kappa shape index (κ3) is 0.971. The van der Waals surface area contributed by atoms with Gasteiger partial charge in [0.2, 0.25) is 0 Å². The van der Waals surface area contributed by atoms with Crippen LogP contribution in [-0.4, -0.2) is 4.98 Å².